The van der Waals surface area contributed by atoms with Gasteiger partial charge in [-0.15, -0.1) is 0 Å². The summed E-state index contributed by atoms with van der Waals surface area (Å²) in [6, 6.07) is 0. The highest BCUT2D eigenvalue weighted by atomic mass is 16.3. The molecule has 20 heavy (non-hydrogen) atoms. The third kappa shape index (κ3) is 9.44. The Bertz CT molecular complexity index is 361. The van der Waals surface area contributed by atoms with Gasteiger partial charge in [-0.25, -0.2) is 0 Å². The fourth-order valence-electron chi connectivity index (χ4n) is 1.88. The lowest BCUT2D eigenvalue weighted by atomic mass is 9.92. The lowest BCUT2D eigenvalue weighted by molar-refractivity contribution is -0.123. The molecular formula is C15H25NO4. The van der Waals surface area contributed by atoms with Crippen molar-refractivity contribution in [2.75, 3.05) is 13.2 Å². The Morgan fingerprint density at radius 1 is 1.20 bits per heavy atom. The summed E-state index contributed by atoms with van der Waals surface area (Å²) < 4.78 is 0. The monoisotopic (exact) mass is 283 g/mol. The maximum Gasteiger partial charge on any atom is 0.244 e. The molecule has 5 heteroatoms. The molecule has 0 rings (SSSR count). The van der Waals surface area contributed by atoms with Gasteiger partial charge in [-0.2, -0.15) is 0 Å². The minimum absolute atomic E-state index is 0.00822. The van der Waals surface area contributed by atoms with E-state index in [1.165, 1.54) is 12.2 Å². The molecule has 5 nitrogen and oxygen atoms in total. The van der Waals surface area contributed by atoms with E-state index in [0.29, 0.717) is 18.9 Å². The van der Waals surface area contributed by atoms with Crippen molar-refractivity contribution in [2.45, 2.75) is 40.0 Å². The Kier molecular flexibility index (Phi) is 9.55. The molecule has 1 atom stereocenters. The molecule has 0 radical (unpaired) electrons. The van der Waals surface area contributed by atoms with Gasteiger partial charge in [0.05, 0.1) is 0 Å². The molecule has 0 aliphatic heterocycles. The maximum atomic E-state index is 11.5. The second kappa shape index (κ2) is 10.3. The number of Topliss-reactive ketones (excluding diaryl/α,β-unsaturated/α-hetero) is 1. The van der Waals surface area contributed by atoms with E-state index in [2.05, 4.69) is 5.32 Å². The molecule has 0 spiro atoms. The highest BCUT2D eigenvalue weighted by Gasteiger charge is 2.15. The molecule has 0 aliphatic rings. The van der Waals surface area contributed by atoms with Crippen molar-refractivity contribution >= 4 is 17.5 Å². The van der Waals surface area contributed by atoms with Gasteiger partial charge in [-0.1, -0.05) is 20.8 Å². The van der Waals surface area contributed by atoms with E-state index >= 15 is 0 Å². The molecule has 0 heterocycles. The molecule has 0 saturated heterocycles. The predicted octanol–water partition coefficient (Wildman–Crippen LogP) is 1.25. The number of ketones is 2. The van der Waals surface area contributed by atoms with Crippen molar-refractivity contribution in [2.24, 2.45) is 11.8 Å². The molecule has 0 aliphatic carbocycles. The topological polar surface area (TPSA) is 83.5 Å². The molecule has 114 valence electrons. The Morgan fingerprint density at radius 3 is 2.35 bits per heavy atom. The maximum absolute atomic E-state index is 11.5. The summed E-state index contributed by atoms with van der Waals surface area (Å²) in [7, 11) is 0. The first kappa shape index (κ1) is 18.5. The summed E-state index contributed by atoms with van der Waals surface area (Å²) in [5.74, 6) is -0.248. The highest BCUT2D eigenvalue weighted by Crippen LogP contribution is 2.15. The fourth-order valence-corrected chi connectivity index (χ4v) is 1.88. The van der Waals surface area contributed by atoms with Crippen molar-refractivity contribution in [1.82, 2.24) is 5.32 Å². The first-order chi connectivity index (χ1) is 9.38. The second-order valence-electron chi connectivity index (χ2n) is 5.29. The Morgan fingerprint density at radius 2 is 1.85 bits per heavy atom. The van der Waals surface area contributed by atoms with Crippen LogP contribution in [0.4, 0.5) is 0 Å². The van der Waals surface area contributed by atoms with E-state index < -0.39 is 6.61 Å². The van der Waals surface area contributed by atoms with Crippen LogP contribution in [0.25, 0.3) is 0 Å². The van der Waals surface area contributed by atoms with Gasteiger partial charge in [0.1, 0.15) is 6.61 Å². The zero-order valence-electron chi connectivity index (χ0n) is 12.5. The highest BCUT2D eigenvalue weighted by molar-refractivity contribution is 5.97. The Balaban J connectivity index is 4.30. The Hall–Kier alpha value is -1.49. The zero-order valence-corrected chi connectivity index (χ0v) is 12.5. The summed E-state index contributed by atoms with van der Waals surface area (Å²) in [5.41, 5.74) is 0. The molecule has 0 aromatic rings. The van der Waals surface area contributed by atoms with Crippen LogP contribution in [0.5, 0.6) is 0 Å². The van der Waals surface area contributed by atoms with Crippen molar-refractivity contribution in [3.63, 3.8) is 0 Å². The molecule has 0 saturated carbocycles. The summed E-state index contributed by atoms with van der Waals surface area (Å²) in [6.07, 6.45) is 3.89. The van der Waals surface area contributed by atoms with E-state index in [9.17, 15) is 14.4 Å². The molecular weight excluding hydrogens is 258 g/mol. The number of amides is 1. The van der Waals surface area contributed by atoms with Gasteiger partial charge < -0.3 is 10.4 Å². The first-order valence-corrected chi connectivity index (χ1v) is 7.00. The van der Waals surface area contributed by atoms with Crippen LogP contribution in [0.2, 0.25) is 0 Å². The van der Waals surface area contributed by atoms with Crippen LogP contribution in [0.3, 0.4) is 0 Å². The van der Waals surface area contributed by atoms with E-state index in [1.54, 1.807) is 6.92 Å². The van der Waals surface area contributed by atoms with Gasteiger partial charge >= 0.3 is 0 Å². The summed E-state index contributed by atoms with van der Waals surface area (Å²) in [6.45, 7) is 5.71. The molecule has 0 bridgehead atoms. The minimum Gasteiger partial charge on any atom is -0.389 e. The van der Waals surface area contributed by atoms with Crippen LogP contribution in [0.15, 0.2) is 12.2 Å². The number of nitrogens with one attached hydrogen (secondary N) is 1. The van der Waals surface area contributed by atoms with Crippen LogP contribution < -0.4 is 5.32 Å². The average Bonchev–Trinajstić information content (AvgIpc) is 2.41. The van der Waals surface area contributed by atoms with Crippen LogP contribution >= 0.6 is 0 Å². The summed E-state index contributed by atoms with van der Waals surface area (Å²) in [4.78, 5) is 33.9. The smallest absolute Gasteiger partial charge is 0.244 e. The molecule has 0 aromatic carbocycles. The number of carbonyl (C=O) groups is 3. The normalized spacial score (nSPS) is 12.7. The van der Waals surface area contributed by atoms with Gasteiger partial charge in [0.15, 0.2) is 11.6 Å². The van der Waals surface area contributed by atoms with Crippen LogP contribution in [-0.2, 0) is 14.4 Å². The quantitative estimate of drug-likeness (QED) is 0.591. The fraction of sp³-hybridized carbons (Fsp3) is 0.667. The number of carbonyl (C=O) groups excluding carboxylic acids is 3. The average molecular weight is 283 g/mol. The van der Waals surface area contributed by atoms with Crippen LogP contribution in [0, 0.1) is 11.8 Å². The third-order valence-electron chi connectivity index (χ3n) is 2.83. The van der Waals surface area contributed by atoms with Gasteiger partial charge in [0.2, 0.25) is 5.91 Å². The Labute approximate surface area is 120 Å². The SMILES string of the molecule is CCC(=O)/C=C/C(=O)NCC(CC(=O)CO)CC(C)C. The van der Waals surface area contributed by atoms with Crippen molar-refractivity contribution in [3.05, 3.63) is 12.2 Å². The van der Waals surface area contributed by atoms with Gasteiger partial charge in [0.25, 0.3) is 0 Å². The molecule has 1 unspecified atom stereocenters. The van der Waals surface area contributed by atoms with E-state index in [1.807, 2.05) is 13.8 Å². The lowest BCUT2D eigenvalue weighted by Gasteiger charge is -2.18. The number of allylic oxidation sites excluding steroid dienone is 1. The molecule has 2 N–H and O–H groups in total. The largest absolute Gasteiger partial charge is 0.389 e. The van der Waals surface area contributed by atoms with E-state index in [-0.39, 0.29) is 29.8 Å². The number of hydrogen-bond acceptors (Lipinski definition) is 4. The van der Waals surface area contributed by atoms with Crippen molar-refractivity contribution in [1.29, 1.82) is 0 Å². The second-order valence-corrected chi connectivity index (χ2v) is 5.29. The number of rotatable bonds is 10. The van der Waals surface area contributed by atoms with Gasteiger partial charge in [-0.3, -0.25) is 14.4 Å². The van der Waals surface area contributed by atoms with E-state index in [4.69, 9.17) is 5.11 Å². The van der Waals surface area contributed by atoms with E-state index in [0.717, 1.165) is 6.42 Å². The number of hydrogen-bond donors (Lipinski definition) is 2. The third-order valence-corrected chi connectivity index (χ3v) is 2.83. The molecule has 0 fully saturated rings. The van der Waals surface area contributed by atoms with Crippen LogP contribution in [-0.4, -0.2) is 35.7 Å². The van der Waals surface area contributed by atoms with Crippen molar-refractivity contribution < 1.29 is 19.5 Å². The first-order valence-electron chi connectivity index (χ1n) is 7.00. The van der Waals surface area contributed by atoms with Crippen LogP contribution in [0.1, 0.15) is 40.0 Å². The standard InChI is InChI=1S/C15H25NO4/c1-4-13(18)5-6-15(20)16-9-12(7-11(2)3)8-14(19)10-17/h5-6,11-12,17H,4,7-10H2,1-3H3,(H,16,20)/b6-5+. The zero-order chi connectivity index (χ0) is 15.5. The van der Waals surface area contributed by atoms with Gasteiger partial charge in [0, 0.05) is 25.5 Å². The molecule has 0 aromatic heterocycles. The summed E-state index contributed by atoms with van der Waals surface area (Å²) >= 11 is 0. The predicted molar refractivity (Wildman–Crippen MR) is 77.1 cm³/mol. The number of aliphatic hydroxyl groups is 1. The minimum atomic E-state index is -0.465. The number of aliphatic hydroxyl groups excluding tert-OH is 1. The molecule has 1 amide bonds. The summed E-state index contributed by atoms with van der Waals surface area (Å²) in [5, 5.41) is 11.5. The lowest BCUT2D eigenvalue weighted by Crippen LogP contribution is -2.30. The van der Waals surface area contributed by atoms with Gasteiger partial charge in [-0.05, 0) is 24.3 Å². The van der Waals surface area contributed by atoms with Crippen molar-refractivity contribution in [3.8, 4) is 0 Å².